The molecular formula is C15H31N3O. The summed E-state index contributed by atoms with van der Waals surface area (Å²) in [5.74, 6) is -0.166. The molecule has 0 saturated carbocycles. The number of primary amides is 1. The molecule has 0 unspecified atom stereocenters. The normalized spacial score (nSPS) is 17.7. The van der Waals surface area contributed by atoms with Gasteiger partial charge in [-0.25, -0.2) is 0 Å². The van der Waals surface area contributed by atoms with Crippen molar-refractivity contribution >= 4 is 5.91 Å². The monoisotopic (exact) mass is 269 g/mol. The zero-order chi connectivity index (χ0) is 13.9. The van der Waals surface area contributed by atoms with Crippen LogP contribution in [0.4, 0.5) is 0 Å². The van der Waals surface area contributed by atoms with E-state index >= 15 is 0 Å². The van der Waals surface area contributed by atoms with E-state index in [1.54, 1.807) is 0 Å². The average Bonchev–Trinajstić information content (AvgIpc) is 2.40. The highest BCUT2D eigenvalue weighted by Gasteiger charge is 2.15. The number of hydrogen-bond donors (Lipinski definition) is 1. The lowest BCUT2D eigenvalue weighted by atomic mass is 10.1. The summed E-state index contributed by atoms with van der Waals surface area (Å²) >= 11 is 0. The molecule has 0 aromatic carbocycles. The zero-order valence-corrected chi connectivity index (χ0v) is 12.6. The van der Waals surface area contributed by atoms with Crippen LogP contribution in [0, 0.1) is 0 Å². The van der Waals surface area contributed by atoms with Gasteiger partial charge in [-0.3, -0.25) is 4.79 Å². The zero-order valence-electron chi connectivity index (χ0n) is 12.6. The largest absolute Gasteiger partial charge is 0.370 e. The van der Waals surface area contributed by atoms with Crippen LogP contribution in [-0.4, -0.2) is 55.0 Å². The van der Waals surface area contributed by atoms with Gasteiger partial charge in [0.2, 0.25) is 5.91 Å². The van der Waals surface area contributed by atoms with Crippen LogP contribution >= 0.6 is 0 Å². The van der Waals surface area contributed by atoms with Crippen LogP contribution in [0.25, 0.3) is 0 Å². The van der Waals surface area contributed by atoms with Crippen molar-refractivity contribution in [1.82, 2.24) is 9.80 Å². The van der Waals surface area contributed by atoms with E-state index in [1.807, 2.05) is 0 Å². The fourth-order valence-corrected chi connectivity index (χ4v) is 2.63. The van der Waals surface area contributed by atoms with E-state index in [-0.39, 0.29) is 5.91 Å². The van der Waals surface area contributed by atoms with E-state index in [0.29, 0.717) is 6.42 Å². The number of carbonyl (C=O) groups excluding carboxylic acids is 1. The predicted octanol–water partition coefficient (Wildman–Crippen LogP) is 1.84. The smallest absolute Gasteiger partial charge is 0.217 e. The number of nitrogens with two attached hydrogens (primary N) is 1. The number of carbonyl (C=O) groups is 1. The average molecular weight is 269 g/mol. The Bertz CT molecular complexity index is 238. The van der Waals surface area contributed by atoms with E-state index in [4.69, 9.17) is 5.73 Å². The van der Waals surface area contributed by atoms with Crippen LogP contribution < -0.4 is 5.73 Å². The molecule has 1 fully saturated rings. The van der Waals surface area contributed by atoms with Crippen molar-refractivity contribution in [3.8, 4) is 0 Å². The maximum Gasteiger partial charge on any atom is 0.217 e. The Morgan fingerprint density at radius 2 is 1.42 bits per heavy atom. The van der Waals surface area contributed by atoms with Gasteiger partial charge in [-0.1, -0.05) is 26.2 Å². The number of unbranched alkanes of at least 4 members (excludes halogenated alkanes) is 4. The Kier molecular flexibility index (Phi) is 8.84. The van der Waals surface area contributed by atoms with Crippen LogP contribution in [0.15, 0.2) is 0 Å². The van der Waals surface area contributed by atoms with Gasteiger partial charge < -0.3 is 15.5 Å². The minimum absolute atomic E-state index is 0.166. The van der Waals surface area contributed by atoms with Crippen LogP contribution in [0.2, 0.25) is 0 Å². The summed E-state index contributed by atoms with van der Waals surface area (Å²) < 4.78 is 0. The van der Waals surface area contributed by atoms with Gasteiger partial charge in [0.15, 0.2) is 0 Å². The van der Waals surface area contributed by atoms with Gasteiger partial charge in [0.1, 0.15) is 0 Å². The topological polar surface area (TPSA) is 49.6 Å². The Balaban J connectivity index is 1.96. The van der Waals surface area contributed by atoms with Crippen molar-refractivity contribution in [2.45, 2.75) is 51.9 Å². The van der Waals surface area contributed by atoms with E-state index in [2.05, 4.69) is 16.7 Å². The molecule has 0 aliphatic carbocycles. The molecule has 0 atom stereocenters. The van der Waals surface area contributed by atoms with Crippen molar-refractivity contribution in [2.24, 2.45) is 5.73 Å². The second-order valence-corrected chi connectivity index (χ2v) is 5.67. The van der Waals surface area contributed by atoms with Gasteiger partial charge in [-0.15, -0.1) is 0 Å². The Morgan fingerprint density at radius 1 is 0.895 bits per heavy atom. The molecule has 1 heterocycles. The van der Waals surface area contributed by atoms with Gasteiger partial charge in [0.05, 0.1) is 0 Å². The van der Waals surface area contributed by atoms with Crippen LogP contribution in [0.5, 0.6) is 0 Å². The molecule has 2 N–H and O–H groups in total. The summed E-state index contributed by atoms with van der Waals surface area (Å²) in [5.41, 5.74) is 5.13. The molecule has 1 aliphatic rings. The predicted molar refractivity (Wildman–Crippen MR) is 80.1 cm³/mol. The van der Waals surface area contributed by atoms with Crippen molar-refractivity contribution in [2.75, 3.05) is 39.3 Å². The molecule has 1 rings (SSSR count). The Labute approximate surface area is 118 Å². The fraction of sp³-hybridized carbons (Fsp3) is 0.933. The molecule has 4 nitrogen and oxygen atoms in total. The highest BCUT2D eigenvalue weighted by Crippen LogP contribution is 2.07. The minimum Gasteiger partial charge on any atom is -0.370 e. The standard InChI is InChI=1S/C15H31N3O/c1-2-3-6-9-17-11-13-18(14-12-17)10-7-4-5-8-15(16)19/h2-14H2,1H3,(H2,16,19). The molecule has 0 aromatic heterocycles. The molecule has 19 heavy (non-hydrogen) atoms. The summed E-state index contributed by atoms with van der Waals surface area (Å²) in [6.45, 7) is 9.60. The summed E-state index contributed by atoms with van der Waals surface area (Å²) in [7, 11) is 0. The SMILES string of the molecule is CCCCCN1CCN(CCCCCC(N)=O)CC1. The van der Waals surface area contributed by atoms with Crippen LogP contribution in [0.3, 0.4) is 0 Å². The summed E-state index contributed by atoms with van der Waals surface area (Å²) in [6.07, 6.45) is 7.84. The molecule has 1 saturated heterocycles. The van der Waals surface area contributed by atoms with E-state index in [9.17, 15) is 4.79 Å². The Morgan fingerprint density at radius 3 is 1.89 bits per heavy atom. The van der Waals surface area contributed by atoms with Gasteiger partial charge in [0, 0.05) is 32.6 Å². The van der Waals surface area contributed by atoms with Crippen molar-refractivity contribution in [3.63, 3.8) is 0 Å². The first-order valence-electron chi connectivity index (χ1n) is 7.95. The molecule has 1 aliphatic heterocycles. The number of nitrogens with zero attached hydrogens (tertiary/aromatic N) is 2. The number of rotatable bonds is 10. The van der Waals surface area contributed by atoms with Crippen molar-refractivity contribution < 1.29 is 4.79 Å². The number of piperazine rings is 1. The lowest BCUT2D eigenvalue weighted by Crippen LogP contribution is -2.46. The van der Waals surface area contributed by atoms with Crippen LogP contribution in [-0.2, 0) is 4.79 Å². The third kappa shape index (κ3) is 8.22. The summed E-state index contributed by atoms with van der Waals surface area (Å²) in [4.78, 5) is 15.8. The molecule has 112 valence electrons. The van der Waals surface area contributed by atoms with E-state index in [0.717, 1.165) is 12.8 Å². The number of amides is 1. The first kappa shape index (κ1) is 16.4. The van der Waals surface area contributed by atoms with Crippen molar-refractivity contribution in [3.05, 3.63) is 0 Å². The maximum absolute atomic E-state index is 10.6. The highest BCUT2D eigenvalue weighted by atomic mass is 16.1. The quantitative estimate of drug-likeness (QED) is 0.616. The highest BCUT2D eigenvalue weighted by molar-refractivity contribution is 5.73. The summed E-state index contributed by atoms with van der Waals surface area (Å²) in [6, 6.07) is 0. The van der Waals surface area contributed by atoms with Gasteiger partial charge in [-0.05, 0) is 32.4 Å². The molecular weight excluding hydrogens is 238 g/mol. The maximum atomic E-state index is 10.6. The minimum atomic E-state index is -0.166. The molecule has 0 spiro atoms. The lowest BCUT2D eigenvalue weighted by molar-refractivity contribution is -0.118. The summed E-state index contributed by atoms with van der Waals surface area (Å²) in [5, 5.41) is 0. The molecule has 1 amide bonds. The lowest BCUT2D eigenvalue weighted by Gasteiger charge is -2.34. The van der Waals surface area contributed by atoms with Gasteiger partial charge in [0.25, 0.3) is 0 Å². The van der Waals surface area contributed by atoms with Crippen molar-refractivity contribution in [1.29, 1.82) is 0 Å². The van der Waals surface area contributed by atoms with Crippen LogP contribution in [0.1, 0.15) is 51.9 Å². The van der Waals surface area contributed by atoms with Gasteiger partial charge >= 0.3 is 0 Å². The van der Waals surface area contributed by atoms with Gasteiger partial charge in [-0.2, -0.15) is 0 Å². The van der Waals surface area contributed by atoms with E-state index < -0.39 is 0 Å². The fourth-order valence-electron chi connectivity index (χ4n) is 2.63. The molecule has 0 radical (unpaired) electrons. The second-order valence-electron chi connectivity index (χ2n) is 5.67. The first-order chi connectivity index (χ1) is 9.22. The second kappa shape index (κ2) is 10.2. The first-order valence-corrected chi connectivity index (χ1v) is 7.95. The molecule has 4 heteroatoms. The van der Waals surface area contributed by atoms with E-state index in [1.165, 1.54) is 65.0 Å². The molecule has 0 aromatic rings. The third-order valence-electron chi connectivity index (χ3n) is 3.94. The number of hydrogen-bond acceptors (Lipinski definition) is 3. The Hall–Kier alpha value is -0.610. The molecule has 0 bridgehead atoms. The third-order valence-corrected chi connectivity index (χ3v) is 3.94.